The van der Waals surface area contributed by atoms with Crippen LogP contribution in [0.15, 0.2) is 18.3 Å². The van der Waals surface area contributed by atoms with Gasteiger partial charge in [0.15, 0.2) is 0 Å². The van der Waals surface area contributed by atoms with Crippen LogP contribution in [0.2, 0.25) is 0 Å². The molecule has 0 radical (unpaired) electrons. The van der Waals surface area contributed by atoms with Crippen molar-refractivity contribution >= 4 is 17.8 Å². The molecule has 1 rings (SSSR count). The van der Waals surface area contributed by atoms with Crippen LogP contribution in [0.1, 0.15) is 27.8 Å². The summed E-state index contributed by atoms with van der Waals surface area (Å²) in [6.07, 6.45) is 1.19. The number of carboxylic acids is 1. The van der Waals surface area contributed by atoms with E-state index in [1.54, 1.807) is 6.92 Å². The third-order valence-electron chi connectivity index (χ3n) is 2.51. The Morgan fingerprint density at radius 3 is 2.47 bits per heavy atom. The highest BCUT2D eigenvalue weighted by molar-refractivity contribution is 5.96. The first-order valence-electron chi connectivity index (χ1n) is 5.68. The number of nitrogens with one attached hydrogen (secondary N) is 1. The summed E-state index contributed by atoms with van der Waals surface area (Å²) >= 11 is 0. The first-order valence-corrected chi connectivity index (χ1v) is 5.68. The van der Waals surface area contributed by atoms with E-state index in [1.807, 2.05) is 0 Å². The van der Waals surface area contributed by atoms with E-state index in [2.05, 4.69) is 10.3 Å². The van der Waals surface area contributed by atoms with E-state index in [9.17, 15) is 14.4 Å². The number of aromatic nitrogens is 1. The Morgan fingerprint density at radius 1 is 1.37 bits per heavy atom. The smallest absolute Gasteiger partial charge is 0.354 e. The summed E-state index contributed by atoms with van der Waals surface area (Å²) < 4.78 is 0. The largest absolute Gasteiger partial charge is 0.477 e. The highest BCUT2D eigenvalue weighted by atomic mass is 16.4. The molecule has 2 N–H and O–H groups in total. The molecule has 1 heterocycles. The summed E-state index contributed by atoms with van der Waals surface area (Å²) in [4.78, 5) is 39.0. The van der Waals surface area contributed by atoms with E-state index < -0.39 is 5.97 Å². The Morgan fingerprint density at radius 2 is 2.05 bits per heavy atom. The van der Waals surface area contributed by atoms with Crippen LogP contribution in [0.5, 0.6) is 0 Å². The highest BCUT2D eigenvalue weighted by Crippen LogP contribution is 2.05. The van der Waals surface area contributed by atoms with Crippen LogP contribution in [-0.2, 0) is 4.79 Å². The molecule has 0 unspecified atom stereocenters. The maximum Gasteiger partial charge on any atom is 0.354 e. The summed E-state index contributed by atoms with van der Waals surface area (Å²) in [7, 11) is 1.49. The zero-order valence-corrected chi connectivity index (χ0v) is 10.7. The van der Waals surface area contributed by atoms with Gasteiger partial charge in [0.05, 0.1) is 12.1 Å². The predicted octanol–water partition coefficient (Wildman–Crippen LogP) is -0.0121. The molecule has 0 atom stereocenters. The first-order chi connectivity index (χ1) is 8.99. The molecule has 19 heavy (non-hydrogen) atoms. The van der Waals surface area contributed by atoms with Gasteiger partial charge in [0, 0.05) is 19.8 Å². The Labute approximate surface area is 110 Å². The SMILES string of the molecule is CCN(CC(=O)NC)C(=O)c1ccc(C(=O)O)nc1. The van der Waals surface area contributed by atoms with E-state index in [-0.39, 0.29) is 29.6 Å². The van der Waals surface area contributed by atoms with E-state index in [1.165, 1.54) is 30.3 Å². The zero-order chi connectivity index (χ0) is 14.4. The first kappa shape index (κ1) is 14.6. The van der Waals surface area contributed by atoms with Crippen molar-refractivity contribution in [2.45, 2.75) is 6.92 Å². The van der Waals surface area contributed by atoms with E-state index >= 15 is 0 Å². The average molecular weight is 265 g/mol. The maximum atomic E-state index is 12.1. The summed E-state index contributed by atoms with van der Waals surface area (Å²) in [5, 5.41) is 11.1. The van der Waals surface area contributed by atoms with Gasteiger partial charge in [-0.2, -0.15) is 0 Å². The van der Waals surface area contributed by atoms with Crippen LogP contribution in [0, 0.1) is 0 Å². The average Bonchev–Trinajstić information content (AvgIpc) is 2.43. The number of aromatic carboxylic acids is 1. The maximum absolute atomic E-state index is 12.1. The molecule has 0 saturated heterocycles. The minimum absolute atomic E-state index is 0.0491. The summed E-state index contributed by atoms with van der Waals surface area (Å²) in [5.74, 6) is -1.79. The lowest BCUT2D eigenvalue weighted by Gasteiger charge is -2.19. The van der Waals surface area contributed by atoms with Crippen molar-refractivity contribution in [3.8, 4) is 0 Å². The fourth-order valence-corrected chi connectivity index (χ4v) is 1.41. The molecule has 0 aliphatic rings. The highest BCUT2D eigenvalue weighted by Gasteiger charge is 2.17. The Balaban J connectivity index is 2.85. The minimum Gasteiger partial charge on any atom is -0.477 e. The lowest BCUT2D eigenvalue weighted by molar-refractivity contribution is -0.121. The molecule has 0 aliphatic carbocycles. The quantitative estimate of drug-likeness (QED) is 0.780. The molecular weight excluding hydrogens is 250 g/mol. The summed E-state index contributed by atoms with van der Waals surface area (Å²) in [6.45, 7) is 2.07. The molecule has 0 fully saturated rings. The van der Waals surface area contributed by atoms with Gasteiger partial charge < -0.3 is 15.3 Å². The Kier molecular flexibility index (Phi) is 4.99. The van der Waals surface area contributed by atoms with Gasteiger partial charge in [0.1, 0.15) is 5.69 Å². The number of hydrogen-bond donors (Lipinski definition) is 2. The molecule has 0 bridgehead atoms. The number of likely N-dealkylation sites (N-methyl/N-ethyl adjacent to an activating group) is 2. The molecule has 1 aromatic rings. The zero-order valence-electron chi connectivity index (χ0n) is 10.7. The monoisotopic (exact) mass is 265 g/mol. The van der Waals surface area contributed by atoms with Crippen molar-refractivity contribution in [3.05, 3.63) is 29.6 Å². The van der Waals surface area contributed by atoms with Crippen LogP contribution in [-0.4, -0.2) is 52.9 Å². The summed E-state index contributed by atoms with van der Waals surface area (Å²) in [5.41, 5.74) is 0.113. The van der Waals surface area contributed by atoms with Gasteiger partial charge in [-0.25, -0.2) is 9.78 Å². The Hall–Kier alpha value is -2.44. The lowest BCUT2D eigenvalue weighted by Crippen LogP contribution is -2.39. The Bertz CT molecular complexity index is 484. The van der Waals surface area contributed by atoms with E-state index in [0.717, 1.165) is 0 Å². The second kappa shape index (κ2) is 6.48. The standard InChI is InChI=1S/C12H15N3O4/c1-3-15(7-10(16)13-2)11(17)8-4-5-9(12(18)19)14-6-8/h4-6H,3,7H2,1-2H3,(H,13,16)(H,18,19). The van der Waals surface area contributed by atoms with Crippen LogP contribution in [0.4, 0.5) is 0 Å². The number of carboxylic acid groups (broad SMARTS) is 1. The number of carbonyl (C=O) groups excluding carboxylic acids is 2. The normalized spacial score (nSPS) is 9.79. The predicted molar refractivity (Wildman–Crippen MR) is 66.8 cm³/mol. The van der Waals surface area contributed by atoms with Crippen molar-refractivity contribution in [3.63, 3.8) is 0 Å². The fourth-order valence-electron chi connectivity index (χ4n) is 1.41. The van der Waals surface area contributed by atoms with E-state index in [4.69, 9.17) is 5.11 Å². The van der Waals surface area contributed by atoms with Crippen molar-refractivity contribution in [1.29, 1.82) is 0 Å². The van der Waals surface area contributed by atoms with Crippen molar-refractivity contribution in [2.24, 2.45) is 0 Å². The van der Waals surface area contributed by atoms with Crippen molar-refractivity contribution < 1.29 is 19.5 Å². The number of amides is 2. The second-order valence-corrected chi connectivity index (χ2v) is 3.73. The molecule has 0 spiro atoms. The van der Waals surface area contributed by atoms with E-state index in [0.29, 0.717) is 6.54 Å². The number of pyridine rings is 1. The molecule has 0 aliphatic heterocycles. The summed E-state index contributed by atoms with van der Waals surface area (Å²) in [6, 6.07) is 2.63. The molecule has 0 aromatic carbocycles. The fraction of sp³-hybridized carbons (Fsp3) is 0.333. The molecule has 7 nitrogen and oxygen atoms in total. The topological polar surface area (TPSA) is 99.6 Å². The van der Waals surface area contributed by atoms with Crippen LogP contribution < -0.4 is 5.32 Å². The number of rotatable bonds is 5. The van der Waals surface area contributed by atoms with Gasteiger partial charge in [0.25, 0.3) is 5.91 Å². The van der Waals surface area contributed by atoms with Crippen LogP contribution in [0.25, 0.3) is 0 Å². The van der Waals surface area contributed by atoms with Crippen LogP contribution >= 0.6 is 0 Å². The van der Waals surface area contributed by atoms with Gasteiger partial charge in [-0.05, 0) is 19.1 Å². The third kappa shape index (κ3) is 3.77. The minimum atomic E-state index is -1.16. The van der Waals surface area contributed by atoms with Gasteiger partial charge in [-0.15, -0.1) is 0 Å². The van der Waals surface area contributed by atoms with Gasteiger partial charge in [-0.1, -0.05) is 0 Å². The van der Waals surface area contributed by atoms with Gasteiger partial charge in [-0.3, -0.25) is 9.59 Å². The third-order valence-corrected chi connectivity index (χ3v) is 2.51. The van der Waals surface area contributed by atoms with Gasteiger partial charge >= 0.3 is 5.97 Å². The molecule has 1 aromatic heterocycles. The second-order valence-electron chi connectivity index (χ2n) is 3.73. The number of hydrogen-bond acceptors (Lipinski definition) is 4. The van der Waals surface area contributed by atoms with Crippen molar-refractivity contribution in [1.82, 2.24) is 15.2 Å². The number of nitrogens with zero attached hydrogens (tertiary/aromatic N) is 2. The lowest BCUT2D eigenvalue weighted by atomic mass is 10.2. The molecule has 7 heteroatoms. The van der Waals surface area contributed by atoms with Crippen LogP contribution in [0.3, 0.4) is 0 Å². The van der Waals surface area contributed by atoms with Crippen molar-refractivity contribution in [2.75, 3.05) is 20.1 Å². The molecule has 102 valence electrons. The molecule has 2 amide bonds. The van der Waals surface area contributed by atoms with Gasteiger partial charge in [0.2, 0.25) is 5.91 Å². The molecule has 0 saturated carbocycles. The molecular formula is C12H15N3O4. The number of carbonyl (C=O) groups is 3.